The van der Waals surface area contributed by atoms with Gasteiger partial charge in [0.05, 0.1) is 6.54 Å². The Morgan fingerprint density at radius 2 is 2.00 bits per heavy atom. The number of benzene rings is 1. The average molecular weight is 322 g/mol. The predicted octanol–water partition coefficient (Wildman–Crippen LogP) is 4.76. The molecule has 0 saturated carbocycles. The molecular weight excluding hydrogens is 302 g/mol. The molecule has 19 heavy (non-hydrogen) atoms. The Balaban J connectivity index is 2.05. The van der Waals surface area contributed by atoms with E-state index in [4.69, 9.17) is 4.42 Å². The van der Waals surface area contributed by atoms with Gasteiger partial charge in [-0.15, -0.1) is 0 Å². The van der Waals surface area contributed by atoms with Crippen LogP contribution in [0.5, 0.6) is 0 Å². The Morgan fingerprint density at radius 3 is 2.68 bits per heavy atom. The zero-order valence-corrected chi connectivity index (χ0v) is 13.3. The van der Waals surface area contributed by atoms with Gasteiger partial charge in [-0.05, 0) is 49.2 Å². The third-order valence-electron chi connectivity index (χ3n) is 2.96. The van der Waals surface area contributed by atoms with Crippen LogP contribution < -0.4 is 5.32 Å². The zero-order valence-electron chi connectivity index (χ0n) is 11.7. The molecule has 0 bridgehead atoms. The van der Waals surface area contributed by atoms with Crippen LogP contribution in [0.2, 0.25) is 0 Å². The average Bonchev–Trinajstić information content (AvgIpc) is 2.81. The van der Waals surface area contributed by atoms with Gasteiger partial charge in [0.2, 0.25) is 0 Å². The molecule has 0 amide bonds. The van der Waals surface area contributed by atoms with Crippen molar-refractivity contribution in [3.05, 3.63) is 46.1 Å². The second-order valence-electron chi connectivity index (χ2n) is 5.25. The molecule has 0 saturated heterocycles. The highest BCUT2D eigenvalue weighted by Gasteiger charge is 2.06. The molecule has 0 unspecified atom stereocenters. The molecule has 3 heteroatoms. The standard InChI is InChI=1S/C16H20BrNO/c1-11(2)9-18-10-14-5-7-16(19-14)13-4-6-15(17)12(3)8-13/h4-8,11,18H,9-10H2,1-3H3. The van der Waals surface area contributed by atoms with Gasteiger partial charge in [-0.25, -0.2) is 0 Å². The number of aryl methyl sites for hydroxylation is 1. The monoisotopic (exact) mass is 321 g/mol. The van der Waals surface area contributed by atoms with E-state index in [0.29, 0.717) is 5.92 Å². The lowest BCUT2D eigenvalue weighted by Crippen LogP contribution is -2.18. The zero-order chi connectivity index (χ0) is 13.8. The lowest BCUT2D eigenvalue weighted by atomic mass is 10.1. The van der Waals surface area contributed by atoms with E-state index in [1.165, 1.54) is 5.56 Å². The smallest absolute Gasteiger partial charge is 0.134 e. The molecule has 2 nitrogen and oxygen atoms in total. The summed E-state index contributed by atoms with van der Waals surface area (Å²) in [6.45, 7) is 8.28. The van der Waals surface area contributed by atoms with E-state index in [9.17, 15) is 0 Å². The molecular formula is C16H20BrNO. The first-order valence-corrected chi connectivity index (χ1v) is 7.41. The second kappa shape index (κ2) is 6.40. The number of furan rings is 1. The molecule has 0 radical (unpaired) electrons. The van der Waals surface area contributed by atoms with Crippen molar-refractivity contribution in [2.45, 2.75) is 27.3 Å². The fourth-order valence-electron chi connectivity index (χ4n) is 1.91. The normalized spacial score (nSPS) is 11.2. The van der Waals surface area contributed by atoms with Gasteiger partial charge in [-0.3, -0.25) is 0 Å². The van der Waals surface area contributed by atoms with Gasteiger partial charge < -0.3 is 9.73 Å². The summed E-state index contributed by atoms with van der Waals surface area (Å²) < 4.78 is 7.00. The molecule has 0 aliphatic heterocycles. The lowest BCUT2D eigenvalue weighted by molar-refractivity contribution is 0.472. The van der Waals surface area contributed by atoms with Crippen LogP contribution >= 0.6 is 15.9 Å². The highest BCUT2D eigenvalue weighted by Crippen LogP contribution is 2.26. The van der Waals surface area contributed by atoms with Crippen molar-refractivity contribution in [1.82, 2.24) is 5.32 Å². The van der Waals surface area contributed by atoms with Crippen LogP contribution in [0.15, 0.2) is 39.2 Å². The maximum absolute atomic E-state index is 5.87. The lowest BCUT2D eigenvalue weighted by Gasteiger charge is -2.05. The van der Waals surface area contributed by atoms with Gasteiger partial charge in [-0.2, -0.15) is 0 Å². The van der Waals surface area contributed by atoms with Crippen molar-refractivity contribution < 1.29 is 4.42 Å². The number of halogens is 1. The van der Waals surface area contributed by atoms with Crippen molar-refractivity contribution in [2.75, 3.05) is 6.54 Å². The molecule has 1 aromatic carbocycles. The van der Waals surface area contributed by atoms with E-state index in [-0.39, 0.29) is 0 Å². The van der Waals surface area contributed by atoms with Crippen LogP contribution in [0.4, 0.5) is 0 Å². The van der Waals surface area contributed by atoms with Crippen LogP contribution in [0.1, 0.15) is 25.2 Å². The van der Waals surface area contributed by atoms with Crippen molar-refractivity contribution >= 4 is 15.9 Å². The van der Waals surface area contributed by atoms with Crippen molar-refractivity contribution in [3.8, 4) is 11.3 Å². The summed E-state index contributed by atoms with van der Waals surface area (Å²) in [5.74, 6) is 2.57. The van der Waals surface area contributed by atoms with Crippen LogP contribution in [0.25, 0.3) is 11.3 Å². The highest BCUT2D eigenvalue weighted by molar-refractivity contribution is 9.10. The summed E-state index contributed by atoms with van der Waals surface area (Å²) in [4.78, 5) is 0. The van der Waals surface area contributed by atoms with Gasteiger partial charge in [0.1, 0.15) is 11.5 Å². The fourth-order valence-corrected chi connectivity index (χ4v) is 2.16. The number of rotatable bonds is 5. The number of hydrogen-bond donors (Lipinski definition) is 1. The maximum atomic E-state index is 5.87. The topological polar surface area (TPSA) is 25.2 Å². The van der Waals surface area contributed by atoms with Crippen LogP contribution in [-0.4, -0.2) is 6.54 Å². The molecule has 0 aliphatic carbocycles. The van der Waals surface area contributed by atoms with Crippen LogP contribution in [-0.2, 0) is 6.54 Å². The maximum Gasteiger partial charge on any atom is 0.134 e. The molecule has 0 fully saturated rings. The summed E-state index contributed by atoms with van der Waals surface area (Å²) in [5, 5.41) is 3.39. The van der Waals surface area contributed by atoms with E-state index in [2.05, 4.69) is 60.2 Å². The van der Waals surface area contributed by atoms with Gasteiger partial charge in [0.15, 0.2) is 0 Å². The predicted molar refractivity (Wildman–Crippen MR) is 83.1 cm³/mol. The van der Waals surface area contributed by atoms with E-state index in [1.54, 1.807) is 0 Å². The van der Waals surface area contributed by atoms with E-state index >= 15 is 0 Å². The van der Waals surface area contributed by atoms with Gasteiger partial charge in [0.25, 0.3) is 0 Å². The molecule has 1 heterocycles. The molecule has 0 atom stereocenters. The van der Waals surface area contributed by atoms with Gasteiger partial charge in [-0.1, -0.05) is 35.8 Å². The fraction of sp³-hybridized carbons (Fsp3) is 0.375. The number of nitrogens with one attached hydrogen (secondary N) is 1. The third-order valence-corrected chi connectivity index (χ3v) is 3.85. The molecule has 0 spiro atoms. The van der Waals surface area contributed by atoms with E-state index in [1.807, 2.05) is 12.1 Å². The quantitative estimate of drug-likeness (QED) is 0.858. The first kappa shape index (κ1) is 14.4. The minimum absolute atomic E-state index is 0.656. The SMILES string of the molecule is Cc1cc(-c2ccc(CNCC(C)C)o2)ccc1Br. The Morgan fingerprint density at radius 1 is 1.21 bits per heavy atom. The molecule has 2 aromatic rings. The Labute approximate surface area is 123 Å². The summed E-state index contributed by atoms with van der Waals surface area (Å²) >= 11 is 3.51. The molecule has 0 aliphatic rings. The Hall–Kier alpha value is -1.06. The van der Waals surface area contributed by atoms with Crippen molar-refractivity contribution in [2.24, 2.45) is 5.92 Å². The Kier molecular flexibility index (Phi) is 4.83. The van der Waals surface area contributed by atoms with E-state index < -0.39 is 0 Å². The first-order chi connectivity index (χ1) is 9.06. The largest absolute Gasteiger partial charge is 0.460 e. The van der Waals surface area contributed by atoms with Crippen LogP contribution in [0, 0.1) is 12.8 Å². The summed E-state index contributed by atoms with van der Waals surface area (Å²) in [5.41, 5.74) is 2.34. The van der Waals surface area contributed by atoms with Crippen molar-refractivity contribution in [3.63, 3.8) is 0 Å². The minimum Gasteiger partial charge on any atom is -0.460 e. The second-order valence-corrected chi connectivity index (χ2v) is 6.11. The van der Waals surface area contributed by atoms with E-state index in [0.717, 1.165) is 34.6 Å². The molecule has 1 aromatic heterocycles. The first-order valence-electron chi connectivity index (χ1n) is 6.62. The highest BCUT2D eigenvalue weighted by atomic mass is 79.9. The molecule has 1 N–H and O–H groups in total. The molecule has 102 valence electrons. The summed E-state index contributed by atoms with van der Waals surface area (Å²) in [7, 11) is 0. The molecule has 2 rings (SSSR count). The van der Waals surface area contributed by atoms with Gasteiger partial charge >= 0.3 is 0 Å². The van der Waals surface area contributed by atoms with Gasteiger partial charge in [0, 0.05) is 10.0 Å². The minimum atomic E-state index is 0.656. The summed E-state index contributed by atoms with van der Waals surface area (Å²) in [6, 6.07) is 10.3. The summed E-state index contributed by atoms with van der Waals surface area (Å²) in [6.07, 6.45) is 0. The number of hydrogen-bond acceptors (Lipinski definition) is 2. The van der Waals surface area contributed by atoms with Crippen molar-refractivity contribution in [1.29, 1.82) is 0 Å². The Bertz CT molecular complexity index is 545. The third kappa shape index (κ3) is 3.95. The van der Waals surface area contributed by atoms with Crippen LogP contribution in [0.3, 0.4) is 0 Å².